The van der Waals surface area contributed by atoms with Crippen molar-refractivity contribution in [1.29, 1.82) is 0 Å². The van der Waals surface area contributed by atoms with Crippen LogP contribution in [0.1, 0.15) is 32.2 Å². The standard InChI is InChI=1S/C19H25FN4O3/c1-2-27-19(26)23-10-7-15(12-23)22-8-5-14(6-9-22)24-17-11-13(20)3-4-16(17)21-18(24)25/h3-4,11,14-15H,2,5-10,12H2,1H3,(H,21,25). The van der Waals surface area contributed by atoms with Gasteiger partial charge in [0, 0.05) is 38.3 Å². The highest BCUT2D eigenvalue weighted by Gasteiger charge is 2.33. The lowest BCUT2D eigenvalue weighted by Crippen LogP contribution is -2.44. The van der Waals surface area contributed by atoms with Crippen molar-refractivity contribution >= 4 is 17.1 Å². The van der Waals surface area contributed by atoms with Crippen LogP contribution in [0.15, 0.2) is 23.0 Å². The molecule has 0 aliphatic carbocycles. The van der Waals surface area contributed by atoms with Gasteiger partial charge in [-0.25, -0.2) is 14.0 Å². The predicted molar refractivity (Wildman–Crippen MR) is 99.4 cm³/mol. The minimum Gasteiger partial charge on any atom is -0.450 e. The van der Waals surface area contributed by atoms with Crippen molar-refractivity contribution < 1.29 is 13.9 Å². The molecule has 0 bridgehead atoms. The van der Waals surface area contributed by atoms with Crippen LogP contribution in [0.2, 0.25) is 0 Å². The maximum absolute atomic E-state index is 13.6. The monoisotopic (exact) mass is 376 g/mol. The first-order chi connectivity index (χ1) is 13.1. The molecule has 3 heterocycles. The van der Waals surface area contributed by atoms with Gasteiger partial charge in [-0.2, -0.15) is 0 Å². The van der Waals surface area contributed by atoms with Crippen molar-refractivity contribution in [3.63, 3.8) is 0 Å². The Morgan fingerprint density at radius 3 is 2.70 bits per heavy atom. The third-order valence-electron chi connectivity index (χ3n) is 5.75. The molecule has 4 rings (SSSR count). The molecule has 146 valence electrons. The minimum atomic E-state index is -0.335. The highest BCUT2D eigenvalue weighted by molar-refractivity contribution is 5.75. The Morgan fingerprint density at radius 2 is 1.96 bits per heavy atom. The predicted octanol–water partition coefficient (Wildman–Crippen LogP) is 2.34. The number of hydrogen-bond acceptors (Lipinski definition) is 4. The quantitative estimate of drug-likeness (QED) is 0.893. The molecule has 1 amide bonds. The Hall–Kier alpha value is -2.35. The molecular formula is C19H25FN4O3. The molecule has 7 nitrogen and oxygen atoms in total. The van der Waals surface area contributed by atoms with Gasteiger partial charge in [0.25, 0.3) is 0 Å². The molecule has 0 spiro atoms. The molecule has 2 saturated heterocycles. The smallest absolute Gasteiger partial charge is 0.409 e. The summed E-state index contributed by atoms with van der Waals surface area (Å²) in [6, 6.07) is 4.80. The van der Waals surface area contributed by atoms with E-state index in [9.17, 15) is 14.0 Å². The minimum absolute atomic E-state index is 0.0619. The number of likely N-dealkylation sites (tertiary alicyclic amines) is 2. The number of nitrogens with zero attached hydrogens (tertiary/aromatic N) is 3. The number of aromatic amines is 1. The number of carbonyl (C=O) groups excluding carboxylic acids is 1. The molecule has 2 aliphatic heterocycles. The Kier molecular flexibility index (Phi) is 4.90. The number of benzene rings is 1. The van der Waals surface area contributed by atoms with Crippen molar-refractivity contribution in [1.82, 2.24) is 19.4 Å². The lowest BCUT2D eigenvalue weighted by atomic mass is 10.0. The van der Waals surface area contributed by atoms with E-state index in [1.165, 1.54) is 12.1 Å². The molecule has 1 N–H and O–H groups in total. The van der Waals surface area contributed by atoms with Crippen LogP contribution < -0.4 is 5.69 Å². The van der Waals surface area contributed by atoms with Crippen molar-refractivity contribution in [2.75, 3.05) is 32.8 Å². The molecule has 0 radical (unpaired) electrons. The summed E-state index contributed by atoms with van der Waals surface area (Å²) < 4.78 is 20.4. The largest absolute Gasteiger partial charge is 0.450 e. The zero-order valence-electron chi connectivity index (χ0n) is 15.5. The zero-order chi connectivity index (χ0) is 19.0. The van der Waals surface area contributed by atoms with Crippen LogP contribution >= 0.6 is 0 Å². The van der Waals surface area contributed by atoms with E-state index in [0.717, 1.165) is 38.9 Å². The number of nitrogens with one attached hydrogen (secondary N) is 1. The first kappa shape index (κ1) is 18.0. The van der Waals surface area contributed by atoms with E-state index in [4.69, 9.17) is 4.74 Å². The number of amides is 1. The second kappa shape index (κ2) is 7.34. The average Bonchev–Trinajstić information content (AvgIpc) is 3.26. The molecule has 0 saturated carbocycles. The summed E-state index contributed by atoms with van der Waals surface area (Å²) in [5.41, 5.74) is 1.13. The van der Waals surface area contributed by atoms with Crippen LogP contribution in [0, 0.1) is 5.82 Å². The third-order valence-corrected chi connectivity index (χ3v) is 5.75. The molecular weight excluding hydrogens is 351 g/mol. The summed E-state index contributed by atoms with van der Waals surface area (Å²) in [5, 5.41) is 0. The van der Waals surface area contributed by atoms with Crippen LogP contribution in [-0.4, -0.2) is 64.3 Å². The first-order valence-electron chi connectivity index (χ1n) is 9.62. The lowest BCUT2D eigenvalue weighted by Gasteiger charge is -2.36. The van der Waals surface area contributed by atoms with E-state index in [2.05, 4.69) is 9.88 Å². The Balaban J connectivity index is 1.42. The van der Waals surface area contributed by atoms with Crippen molar-refractivity contribution in [3.8, 4) is 0 Å². The maximum atomic E-state index is 13.6. The fourth-order valence-electron chi connectivity index (χ4n) is 4.39. The fourth-order valence-corrected chi connectivity index (χ4v) is 4.39. The number of rotatable bonds is 3. The summed E-state index contributed by atoms with van der Waals surface area (Å²) in [7, 11) is 0. The highest BCUT2D eigenvalue weighted by Crippen LogP contribution is 2.28. The zero-order valence-corrected chi connectivity index (χ0v) is 15.5. The maximum Gasteiger partial charge on any atom is 0.409 e. The van der Waals surface area contributed by atoms with Crippen LogP contribution in [0.4, 0.5) is 9.18 Å². The molecule has 8 heteroatoms. The number of hydrogen-bond donors (Lipinski definition) is 1. The van der Waals surface area contributed by atoms with E-state index in [1.54, 1.807) is 15.5 Å². The number of carbonyl (C=O) groups is 1. The SMILES string of the molecule is CCOC(=O)N1CCC(N2CCC(n3c(=O)[nH]c4ccc(F)cc43)CC2)C1. The van der Waals surface area contributed by atoms with E-state index in [1.807, 2.05) is 6.92 Å². The van der Waals surface area contributed by atoms with Crippen LogP contribution in [0.5, 0.6) is 0 Å². The summed E-state index contributed by atoms with van der Waals surface area (Å²) in [5.74, 6) is -0.335. The van der Waals surface area contributed by atoms with E-state index < -0.39 is 0 Å². The van der Waals surface area contributed by atoms with Gasteiger partial charge in [-0.1, -0.05) is 0 Å². The second-order valence-electron chi connectivity index (χ2n) is 7.32. The van der Waals surface area contributed by atoms with Crippen molar-refractivity contribution in [2.45, 2.75) is 38.3 Å². The first-order valence-corrected chi connectivity index (χ1v) is 9.62. The normalized spacial score (nSPS) is 21.9. The van der Waals surface area contributed by atoms with Gasteiger partial charge in [-0.3, -0.25) is 9.47 Å². The van der Waals surface area contributed by atoms with Gasteiger partial charge in [0.1, 0.15) is 5.82 Å². The number of ether oxygens (including phenoxy) is 1. The number of halogens is 1. The summed E-state index contributed by atoms with van der Waals surface area (Å²) in [4.78, 5) is 31.3. The number of aromatic nitrogens is 2. The summed E-state index contributed by atoms with van der Waals surface area (Å²) >= 11 is 0. The van der Waals surface area contributed by atoms with Gasteiger partial charge in [0.2, 0.25) is 0 Å². The molecule has 2 aliphatic rings. The van der Waals surface area contributed by atoms with Gasteiger partial charge < -0.3 is 14.6 Å². The molecule has 2 fully saturated rings. The van der Waals surface area contributed by atoms with Crippen LogP contribution in [-0.2, 0) is 4.74 Å². The molecule has 1 atom stereocenters. The molecule has 2 aromatic rings. The van der Waals surface area contributed by atoms with Gasteiger partial charge in [0.15, 0.2) is 0 Å². The van der Waals surface area contributed by atoms with Gasteiger partial charge in [-0.15, -0.1) is 0 Å². The Bertz CT molecular complexity index is 885. The Morgan fingerprint density at radius 1 is 1.22 bits per heavy atom. The molecule has 27 heavy (non-hydrogen) atoms. The van der Waals surface area contributed by atoms with E-state index in [0.29, 0.717) is 30.2 Å². The average molecular weight is 376 g/mol. The third kappa shape index (κ3) is 3.45. The van der Waals surface area contributed by atoms with Gasteiger partial charge in [-0.05, 0) is 44.4 Å². The van der Waals surface area contributed by atoms with Gasteiger partial charge in [0.05, 0.1) is 17.6 Å². The second-order valence-corrected chi connectivity index (χ2v) is 7.32. The Labute approximate surface area is 156 Å². The van der Waals surface area contributed by atoms with Crippen molar-refractivity contribution in [3.05, 3.63) is 34.5 Å². The van der Waals surface area contributed by atoms with Crippen molar-refractivity contribution in [2.24, 2.45) is 0 Å². The summed E-state index contributed by atoms with van der Waals surface area (Å²) in [6.45, 7) is 5.35. The number of piperidine rings is 1. The van der Waals surface area contributed by atoms with Crippen LogP contribution in [0.25, 0.3) is 11.0 Å². The molecule has 1 unspecified atom stereocenters. The van der Waals surface area contributed by atoms with E-state index >= 15 is 0 Å². The molecule has 1 aromatic heterocycles. The number of imidazole rings is 1. The number of H-pyrrole nitrogens is 1. The van der Waals surface area contributed by atoms with Gasteiger partial charge >= 0.3 is 11.8 Å². The number of fused-ring (bicyclic) bond motifs is 1. The van der Waals surface area contributed by atoms with E-state index in [-0.39, 0.29) is 23.6 Å². The topological polar surface area (TPSA) is 70.6 Å². The summed E-state index contributed by atoms with van der Waals surface area (Å²) in [6.07, 6.45) is 2.38. The fraction of sp³-hybridized carbons (Fsp3) is 0.579. The highest BCUT2D eigenvalue weighted by atomic mass is 19.1. The van der Waals surface area contributed by atoms with Crippen LogP contribution in [0.3, 0.4) is 0 Å². The lowest BCUT2D eigenvalue weighted by molar-refractivity contribution is 0.105. The molecule has 1 aromatic carbocycles.